The molecule has 1 aromatic carbocycles. The normalized spacial score (nSPS) is 10.7. The maximum Gasteiger partial charge on any atom is 0.407 e. The molecule has 26 heavy (non-hydrogen) atoms. The molecule has 0 fully saturated rings. The lowest BCUT2D eigenvalue weighted by molar-refractivity contribution is -0.121. The molecule has 0 saturated heterocycles. The van der Waals surface area contributed by atoms with Crippen molar-refractivity contribution in [1.29, 1.82) is 0 Å². The molecule has 0 spiro atoms. The minimum atomic E-state index is -0.573. The van der Waals surface area contributed by atoms with Crippen LogP contribution < -0.4 is 24.8 Å². The molecule has 0 radical (unpaired) electrons. The van der Waals surface area contributed by atoms with Gasteiger partial charge in [0.2, 0.25) is 5.91 Å². The van der Waals surface area contributed by atoms with Crippen LogP contribution in [0.25, 0.3) is 0 Å². The van der Waals surface area contributed by atoms with Gasteiger partial charge in [-0.2, -0.15) is 0 Å². The maximum absolute atomic E-state index is 12.0. The summed E-state index contributed by atoms with van der Waals surface area (Å²) in [6.07, 6.45) is -0.415. The first-order chi connectivity index (χ1) is 12.2. The lowest BCUT2D eigenvalue weighted by Crippen LogP contribution is -2.35. The third-order valence-electron chi connectivity index (χ3n) is 3.28. The van der Waals surface area contributed by atoms with Gasteiger partial charge in [0, 0.05) is 31.1 Å². The predicted octanol–water partition coefficient (Wildman–Crippen LogP) is 2.24. The van der Waals surface area contributed by atoms with Gasteiger partial charge in [-0.15, -0.1) is 0 Å². The van der Waals surface area contributed by atoms with E-state index in [0.717, 1.165) is 5.56 Å². The van der Waals surface area contributed by atoms with Crippen molar-refractivity contribution in [2.24, 2.45) is 0 Å². The summed E-state index contributed by atoms with van der Waals surface area (Å²) in [6, 6.07) is 3.45. The standard InChI is InChI=1S/C18H28N2O6/c1-18(2,3)26-17(22)19-8-7-16(21)20-11-12-9-14(24-5)15(25-6)10-13(12)23-4/h9-10H,7-8,11H2,1-6H3,(H,19,22)(H,20,21). The fourth-order valence-corrected chi connectivity index (χ4v) is 2.11. The Labute approximate surface area is 154 Å². The van der Waals surface area contributed by atoms with Crippen LogP contribution >= 0.6 is 0 Å². The summed E-state index contributed by atoms with van der Waals surface area (Å²) in [6.45, 7) is 5.76. The van der Waals surface area contributed by atoms with Crippen LogP contribution in [0.2, 0.25) is 0 Å². The van der Waals surface area contributed by atoms with Crippen LogP contribution in [0, 0.1) is 0 Å². The van der Waals surface area contributed by atoms with Gasteiger partial charge < -0.3 is 29.6 Å². The summed E-state index contributed by atoms with van der Waals surface area (Å²) in [5.74, 6) is 1.46. The molecular formula is C18H28N2O6. The lowest BCUT2D eigenvalue weighted by atomic mass is 10.1. The van der Waals surface area contributed by atoms with Crippen molar-refractivity contribution >= 4 is 12.0 Å². The second kappa shape index (κ2) is 9.74. The van der Waals surface area contributed by atoms with Gasteiger partial charge in [-0.1, -0.05) is 0 Å². The predicted molar refractivity (Wildman–Crippen MR) is 96.8 cm³/mol. The molecule has 146 valence electrons. The van der Waals surface area contributed by atoms with E-state index in [4.69, 9.17) is 18.9 Å². The van der Waals surface area contributed by atoms with Crippen LogP contribution in [0.4, 0.5) is 4.79 Å². The van der Waals surface area contributed by atoms with Gasteiger partial charge in [-0.05, 0) is 26.8 Å². The molecule has 2 amide bonds. The molecule has 0 aliphatic carbocycles. The zero-order chi connectivity index (χ0) is 19.7. The number of carbonyl (C=O) groups is 2. The Hall–Kier alpha value is -2.64. The summed E-state index contributed by atoms with van der Waals surface area (Å²) in [5.41, 5.74) is 0.176. The molecule has 0 bridgehead atoms. The third-order valence-corrected chi connectivity index (χ3v) is 3.28. The van der Waals surface area contributed by atoms with Gasteiger partial charge >= 0.3 is 6.09 Å². The Kier molecular flexibility index (Phi) is 8.02. The first-order valence-electron chi connectivity index (χ1n) is 8.22. The molecule has 0 unspecified atom stereocenters. The molecule has 0 atom stereocenters. The number of benzene rings is 1. The van der Waals surface area contributed by atoms with Gasteiger partial charge in [0.25, 0.3) is 0 Å². The van der Waals surface area contributed by atoms with Gasteiger partial charge in [0.05, 0.1) is 21.3 Å². The second-order valence-corrected chi connectivity index (χ2v) is 6.47. The molecule has 0 aromatic heterocycles. The van der Waals surface area contributed by atoms with E-state index in [2.05, 4.69) is 10.6 Å². The zero-order valence-corrected chi connectivity index (χ0v) is 16.2. The van der Waals surface area contributed by atoms with Gasteiger partial charge in [-0.25, -0.2) is 4.79 Å². The van der Waals surface area contributed by atoms with E-state index < -0.39 is 11.7 Å². The van der Waals surface area contributed by atoms with Crippen LogP contribution in [-0.2, 0) is 16.1 Å². The van der Waals surface area contributed by atoms with Crippen LogP contribution in [0.15, 0.2) is 12.1 Å². The number of rotatable bonds is 8. The minimum absolute atomic E-state index is 0.134. The zero-order valence-electron chi connectivity index (χ0n) is 16.2. The smallest absolute Gasteiger partial charge is 0.407 e. The summed E-state index contributed by atoms with van der Waals surface area (Å²) in [4.78, 5) is 23.5. The lowest BCUT2D eigenvalue weighted by Gasteiger charge is -2.19. The Balaban J connectivity index is 2.53. The van der Waals surface area contributed by atoms with Crippen molar-refractivity contribution in [1.82, 2.24) is 10.6 Å². The van der Waals surface area contributed by atoms with Crippen molar-refractivity contribution in [3.63, 3.8) is 0 Å². The molecule has 1 rings (SSSR count). The molecule has 0 aliphatic heterocycles. The highest BCUT2D eigenvalue weighted by Crippen LogP contribution is 2.34. The second-order valence-electron chi connectivity index (χ2n) is 6.47. The van der Waals surface area contributed by atoms with E-state index in [0.29, 0.717) is 17.2 Å². The fraction of sp³-hybridized carbons (Fsp3) is 0.556. The van der Waals surface area contributed by atoms with Crippen LogP contribution in [0.3, 0.4) is 0 Å². The van der Waals surface area contributed by atoms with E-state index >= 15 is 0 Å². The molecule has 0 saturated carbocycles. The topological polar surface area (TPSA) is 95.1 Å². The van der Waals surface area contributed by atoms with Gasteiger partial charge in [0.1, 0.15) is 11.4 Å². The molecule has 1 aromatic rings. The largest absolute Gasteiger partial charge is 0.496 e. The number of amides is 2. The fourth-order valence-electron chi connectivity index (χ4n) is 2.11. The van der Waals surface area contributed by atoms with Gasteiger partial charge in [0.15, 0.2) is 11.5 Å². The van der Waals surface area contributed by atoms with Crippen LogP contribution in [0.1, 0.15) is 32.8 Å². The molecular weight excluding hydrogens is 340 g/mol. The Morgan fingerprint density at radius 1 is 0.923 bits per heavy atom. The van der Waals surface area contributed by atoms with Crippen LogP contribution in [-0.4, -0.2) is 45.5 Å². The number of carbonyl (C=O) groups excluding carboxylic acids is 2. The SMILES string of the molecule is COc1cc(OC)c(OC)cc1CNC(=O)CCNC(=O)OC(C)(C)C. The van der Waals surface area contributed by atoms with Crippen molar-refractivity contribution in [2.75, 3.05) is 27.9 Å². The number of hydrogen-bond acceptors (Lipinski definition) is 6. The Morgan fingerprint density at radius 3 is 2.04 bits per heavy atom. The Bertz CT molecular complexity index is 625. The molecule has 2 N–H and O–H groups in total. The number of methoxy groups -OCH3 is 3. The summed E-state index contributed by atoms with van der Waals surface area (Å²) < 4.78 is 20.9. The van der Waals surface area contributed by atoms with E-state index in [-0.39, 0.29) is 25.4 Å². The van der Waals surface area contributed by atoms with E-state index in [9.17, 15) is 9.59 Å². The number of ether oxygens (including phenoxy) is 4. The summed E-state index contributed by atoms with van der Waals surface area (Å²) in [5, 5.41) is 5.32. The summed E-state index contributed by atoms with van der Waals surface area (Å²) in [7, 11) is 4.61. The van der Waals surface area contributed by atoms with Crippen molar-refractivity contribution in [3.05, 3.63) is 17.7 Å². The average molecular weight is 368 g/mol. The molecule has 8 heteroatoms. The Morgan fingerprint density at radius 2 is 1.50 bits per heavy atom. The maximum atomic E-state index is 12.0. The van der Waals surface area contributed by atoms with E-state index in [1.54, 1.807) is 32.9 Å². The first-order valence-corrected chi connectivity index (χ1v) is 8.22. The molecule has 8 nitrogen and oxygen atoms in total. The van der Waals surface area contributed by atoms with Crippen molar-refractivity contribution in [3.8, 4) is 17.2 Å². The minimum Gasteiger partial charge on any atom is -0.496 e. The molecule has 0 heterocycles. The number of alkyl carbamates (subject to hydrolysis) is 1. The highest BCUT2D eigenvalue weighted by molar-refractivity contribution is 5.77. The van der Waals surface area contributed by atoms with Crippen molar-refractivity contribution in [2.45, 2.75) is 39.3 Å². The monoisotopic (exact) mass is 368 g/mol. The quantitative estimate of drug-likeness (QED) is 0.731. The number of hydrogen-bond donors (Lipinski definition) is 2. The number of nitrogens with one attached hydrogen (secondary N) is 2. The first kappa shape index (κ1) is 21.4. The molecule has 0 aliphatic rings. The average Bonchev–Trinajstić information content (AvgIpc) is 2.57. The summed E-state index contributed by atoms with van der Waals surface area (Å²) >= 11 is 0. The van der Waals surface area contributed by atoms with Crippen LogP contribution in [0.5, 0.6) is 17.2 Å². The van der Waals surface area contributed by atoms with E-state index in [1.807, 2.05) is 0 Å². The van der Waals surface area contributed by atoms with E-state index in [1.165, 1.54) is 21.3 Å². The van der Waals surface area contributed by atoms with Gasteiger partial charge in [-0.3, -0.25) is 4.79 Å². The third kappa shape index (κ3) is 7.08. The highest BCUT2D eigenvalue weighted by Gasteiger charge is 2.16. The van der Waals surface area contributed by atoms with Crippen molar-refractivity contribution < 1.29 is 28.5 Å². The highest BCUT2D eigenvalue weighted by atomic mass is 16.6.